The van der Waals surface area contributed by atoms with Crippen molar-refractivity contribution in [2.75, 3.05) is 25.1 Å². The molecule has 0 unspecified atom stereocenters. The van der Waals surface area contributed by atoms with Gasteiger partial charge in [-0.25, -0.2) is 4.79 Å². The van der Waals surface area contributed by atoms with Gasteiger partial charge in [0.25, 0.3) is 0 Å². The van der Waals surface area contributed by atoms with Gasteiger partial charge in [0.1, 0.15) is 5.60 Å². The molecule has 0 radical (unpaired) electrons. The Labute approximate surface area is 177 Å². The maximum atomic E-state index is 12.2. The maximum absolute atomic E-state index is 12.2. The lowest BCUT2D eigenvalue weighted by Gasteiger charge is -2.19. The van der Waals surface area contributed by atoms with Crippen LogP contribution in [0.1, 0.15) is 45.6 Å². The van der Waals surface area contributed by atoms with Crippen molar-refractivity contribution in [1.82, 2.24) is 10.6 Å². The number of rotatable bonds is 7. The van der Waals surface area contributed by atoms with Crippen molar-refractivity contribution in [3.05, 3.63) is 41.5 Å². The molecular weight excluding hydrogens is 386 g/mol. The first-order chi connectivity index (χ1) is 14.2. The quantitative estimate of drug-likeness (QED) is 0.592. The summed E-state index contributed by atoms with van der Waals surface area (Å²) in [5, 5.41) is 8.20. The molecule has 8 heteroatoms. The predicted molar refractivity (Wildman–Crippen MR) is 114 cm³/mol. The van der Waals surface area contributed by atoms with Gasteiger partial charge in [0, 0.05) is 31.3 Å². The molecule has 0 aromatic heterocycles. The Hall–Kier alpha value is -2.87. The van der Waals surface area contributed by atoms with Gasteiger partial charge in [0.05, 0.1) is 13.2 Å². The maximum Gasteiger partial charge on any atom is 0.407 e. The molecule has 8 nitrogen and oxygen atoms in total. The van der Waals surface area contributed by atoms with Crippen LogP contribution in [0.4, 0.5) is 10.5 Å². The molecule has 0 spiro atoms. The summed E-state index contributed by atoms with van der Waals surface area (Å²) in [6, 6.07) is 7.31. The van der Waals surface area contributed by atoms with Crippen LogP contribution in [0.5, 0.6) is 0 Å². The number of carbonyl (C=O) groups excluding carboxylic acids is 3. The zero-order valence-electron chi connectivity index (χ0n) is 17.9. The Balaban J connectivity index is 1.73. The van der Waals surface area contributed by atoms with E-state index in [1.165, 1.54) is 0 Å². The van der Waals surface area contributed by atoms with Crippen molar-refractivity contribution in [2.45, 2.75) is 52.2 Å². The third-order valence-corrected chi connectivity index (χ3v) is 4.17. The van der Waals surface area contributed by atoms with Gasteiger partial charge in [-0.1, -0.05) is 17.7 Å². The van der Waals surface area contributed by atoms with Crippen molar-refractivity contribution >= 4 is 23.6 Å². The Morgan fingerprint density at radius 2 is 1.87 bits per heavy atom. The summed E-state index contributed by atoms with van der Waals surface area (Å²) in [4.78, 5) is 35.7. The average molecular weight is 418 g/mol. The average Bonchev–Trinajstić information content (AvgIpc) is 2.66. The molecule has 1 heterocycles. The van der Waals surface area contributed by atoms with Gasteiger partial charge in [0.2, 0.25) is 11.8 Å². The van der Waals surface area contributed by atoms with Gasteiger partial charge in [-0.2, -0.15) is 0 Å². The Bertz CT molecular complexity index is 775. The molecular formula is C22H31N3O5. The van der Waals surface area contributed by atoms with E-state index in [0.29, 0.717) is 25.4 Å². The van der Waals surface area contributed by atoms with Crippen LogP contribution in [0, 0.1) is 0 Å². The summed E-state index contributed by atoms with van der Waals surface area (Å²) in [6.07, 6.45) is 2.79. The number of alkyl carbamates (subject to hydrolysis) is 1. The summed E-state index contributed by atoms with van der Waals surface area (Å²) < 4.78 is 10.4. The molecule has 1 fully saturated rings. The van der Waals surface area contributed by atoms with Gasteiger partial charge < -0.3 is 25.4 Å². The molecule has 1 aliphatic rings. The van der Waals surface area contributed by atoms with Gasteiger partial charge in [-0.05, 0) is 51.3 Å². The summed E-state index contributed by atoms with van der Waals surface area (Å²) in [5.41, 5.74) is 2.04. The molecule has 1 aromatic carbocycles. The van der Waals surface area contributed by atoms with Crippen LogP contribution in [0.3, 0.4) is 0 Å². The van der Waals surface area contributed by atoms with E-state index in [1.54, 1.807) is 32.9 Å². The number of nitrogens with one attached hydrogen (secondary N) is 3. The topological polar surface area (TPSA) is 106 Å². The first-order valence-corrected chi connectivity index (χ1v) is 10.1. The van der Waals surface area contributed by atoms with Gasteiger partial charge >= 0.3 is 6.09 Å². The molecule has 1 aliphatic heterocycles. The zero-order chi connectivity index (χ0) is 22.0. The Morgan fingerprint density at radius 3 is 2.57 bits per heavy atom. The predicted octanol–water partition coefficient (Wildman–Crippen LogP) is 2.89. The second-order valence-electron chi connectivity index (χ2n) is 8.06. The molecule has 164 valence electrons. The minimum atomic E-state index is -0.575. The summed E-state index contributed by atoms with van der Waals surface area (Å²) in [7, 11) is 0. The highest BCUT2D eigenvalue weighted by Gasteiger charge is 2.15. The van der Waals surface area contributed by atoms with E-state index in [4.69, 9.17) is 9.47 Å². The Kier molecular flexibility index (Phi) is 8.86. The summed E-state index contributed by atoms with van der Waals surface area (Å²) in [6.45, 7) is 7.15. The van der Waals surface area contributed by atoms with E-state index in [1.807, 2.05) is 18.2 Å². The van der Waals surface area contributed by atoms with Crippen molar-refractivity contribution in [1.29, 1.82) is 0 Å². The van der Waals surface area contributed by atoms with E-state index in [-0.39, 0.29) is 24.8 Å². The highest BCUT2D eigenvalue weighted by Crippen LogP contribution is 2.15. The van der Waals surface area contributed by atoms with Crippen molar-refractivity contribution in [2.24, 2.45) is 0 Å². The van der Waals surface area contributed by atoms with E-state index >= 15 is 0 Å². The fraction of sp³-hybridized carbons (Fsp3) is 0.500. The monoisotopic (exact) mass is 417 g/mol. The van der Waals surface area contributed by atoms with Crippen LogP contribution in [0.15, 0.2) is 35.9 Å². The lowest BCUT2D eigenvalue weighted by Crippen LogP contribution is -2.35. The highest BCUT2D eigenvalue weighted by molar-refractivity contribution is 5.99. The fourth-order valence-corrected chi connectivity index (χ4v) is 2.78. The first-order valence-electron chi connectivity index (χ1n) is 10.1. The fourth-order valence-electron chi connectivity index (χ4n) is 2.78. The second-order valence-corrected chi connectivity index (χ2v) is 8.06. The first kappa shape index (κ1) is 23.4. The van der Waals surface area contributed by atoms with Crippen LogP contribution in [-0.4, -0.2) is 43.3 Å². The number of benzene rings is 1. The lowest BCUT2D eigenvalue weighted by molar-refractivity contribution is -0.121. The van der Waals surface area contributed by atoms with E-state index in [0.717, 1.165) is 24.0 Å². The summed E-state index contributed by atoms with van der Waals surface area (Å²) in [5.74, 6) is -0.356. The van der Waals surface area contributed by atoms with Crippen LogP contribution >= 0.6 is 0 Å². The minimum absolute atomic E-state index is 0.146. The van der Waals surface area contributed by atoms with Crippen molar-refractivity contribution in [3.63, 3.8) is 0 Å². The van der Waals surface area contributed by atoms with Gasteiger partial charge in [-0.15, -0.1) is 0 Å². The lowest BCUT2D eigenvalue weighted by atomic mass is 10.1. The van der Waals surface area contributed by atoms with Gasteiger partial charge in [0.15, 0.2) is 0 Å². The number of hydrogen-bond acceptors (Lipinski definition) is 5. The van der Waals surface area contributed by atoms with Crippen molar-refractivity contribution < 1.29 is 23.9 Å². The van der Waals surface area contributed by atoms with Gasteiger partial charge in [-0.3, -0.25) is 9.59 Å². The largest absolute Gasteiger partial charge is 0.444 e. The Morgan fingerprint density at radius 1 is 1.13 bits per heavy atom. The van der Waals surface area contributed by atoms with Crippen LogP contribution < -0.4 is 16.0 Å². The number of hydrogen-bond donors (Lipinski definition) is 3. The smallest absolute Gasteiger partial charge is 0.407 e. The third kappa shape index (κ3) is 9.56. The molecule has 0 aliphatic carbocycles. The number of amides is 3. The number of ether oxygens (including phenoxy) is 2. The van der Waals surface area contributed by atoms with E-state index < -0.39 is 11.7 Å². The highest BCUT2D eigenvalue weighted by atomic mass is 16.6. The molecule has 3 amide bonds. The molecule has 0 saturated carbocycles. The van der Waals surface area contributed by atoms with E-state index in [9.17, 15) is 14.4 Å². The minimum Gasteiger partial charge on any atom is -0.444 e. The van der Waals surface area contributed by atoms with Crippen LogP contribution in [0.2, 0.25) is 0 Å². The zero-order valence-corrected chi connectivity index (χ0v) is 17.9. The number of carbonyl (C=O) groups is 3. The molecule has 30 heavy (non-hydrogen) atoms. The summed E-state index contributed by atoms with van der Waals surface area (Å²) >= 11 is 0. The molecule has 2 rings (SSSR count). The second kappa shape index (κ2) is 11.3. The van der Waals surface area contributed by atoms with E-state index in [2.05, 4.69) is 16.0 Å². The molecule has 0 bridgehead atoms. The van der Waals surface area contributed by atoms with Crippen LogP contribution in [0.25, 0.3) is 0 Å². The SMILES string of the molecule is CC(C)(C)OC(=O)NCCC(=O)NCc1cccc(NC(=O)C=C2CCOCC2)c1. The number of anilines is 1. The molecule has 3 N–H and O–H groups in total. The molecule has 1 aromatic rings. The van der Waals surface area contributed by atoms with Crippen molar-refractivity contribution in [3.8, 4) is 0 Å². The molecule has 0 atom stereocenters. The molecule has 1 saturated heterocycles. The standard InChI is InChI=1S/C22H31N3O5/c1-22(2,3)30-21(28)23-10-7-19(26)24-15-17-5-4-6-18(13-17)25-20(27)14-16-8-11-29-12-9-16/h4-6,13-14H,7-12,15H2,1-3H3,(H,23,28)(H,24,26)(H,25,27). The third-order valence-electron chi connectivity index (χ3n) is 4.17. The normalized spacial score (nSPS) is 13.9. The van der Waals surface area contributed by atoms with Crippen LogP contribution in [-0.2, 0) is 25.6 Å².